The molecule has 0 unspecified atom stereocenters. The van der Waals surface area contributed by atoms with Gasteiger partial charge in [0.15, 0.2) is 0 Å². The molecule has 4 aromatic rings. The largest absolute Gasteiger partial charge is 0.477 e. The molecule has 0 saturated carbocycles. The zero-order valence-electron chi connectivity index (χ0n) is 21.4. The second-order valence-corrected chi connectivity index (χ2v) is 9.46. The van der Waals surface area contributed by atoms with E-state index in [0.717, 1.165) is 12.3 Å². The Morgan fingerprint density at radius 3 is 2.24 bits per heavy atom. The number of nitro benzene ring substituents is 1. The summed E-state index contributed by atoms with van der Waals surface area (Å²) >= 11 is 0. The Morgan fingerprint density at radius 1 is 1.00 bits per heavy atom. The zero-order chi connectivity index (χ0) is 29.3. The lowest BCUT2D eigenvalue weighted by molar-refractivity contribution is -0.384. The summed E-state index contributed by atoms with van der Waals surface area (Å²) in [6.07, 6.45) is 1.12. The van der Waals surface area contributed by atoms with Crippen LogP contribution in [0.3, 0.4) is 0 Å². The molecule has 11 nitrogen and oxygen atoms in total. The monoisotopic (exact) mass is 563 g/mol. The van der Waals surface area contributed by atoms with Crippen molar-refractivity contribution in [2.24, 2.45) is 5.16 Å². The highest BCUT2D eigenvalue weighted by Crippen LogP contribution is 2.28. The lowest BCUT2D eigenvalue weighted by Crippen LogP contribution is -2.48. The summed E-state index contributed by atoms with van der Waals surface area (Å²) < 4.78 is 30.1. The van der Waals surface area contributed by atoms with E-state index in [1.165, 1.54) is 59.2 Å². The van der Waals surface area contributed by atoms with E-state index >= 15 is 4.39 Å². The SMILES string of the molecule is O=C(O)c1cn(-c2ccc([N+](=O)[O-])cc2)c2cc(N3CCN(C/C(=N\O)c4ccc(F)cc4)CC3)c(F)cc2c1=O. The maximum atomic E-state index is 15.4. The molecular weight excluding hydrogens is 540 g/mol. The van der Waals surface area contributed by atoms with Gasteiger partial charge < -0.3 is 19.8 Å². The van der Waals surface area contributed by atoms with E-state index in [9.17, 15) is 34.4 Å². The van der Waals surface area contributed by atoms with Gasteiger partial charge in [0.1, 0.15) is 22.9 Å². The maximum absolute atomic E-state index is 15.4. The molecule has 210 valence electrons. The summed E-state index contributed by atoms with van der Waals surface area (Å²) in [5.74, 6) is -2.60. The number of anilines is 1. The summed E-state index contributed by atoms with van der Waals surface area (Å²) in [5, 5.41) is 33.4. The fourth-order valence-corrected chi connectivity index (χ4v) is 4.86. The molecule has 1 aliphatic heterocycles. The Hall–Kier alpha value is -5.17. The van der Waals surface area contributed by atoms with Gasteiger partial charge >= 0.3 is 5.97 Å². The van der Waals surface area contributed by atoms with Crippen LogP contribution in [0.1, 0.15) is 15.9 Å². The summed E-state index contributed by atoms with van der Waals surface area (Å²) in [6.45, 7) is 2.02. The lowest BCUT2D eigenvalue weighted by atomic mass is 10.1. The third-order valence-corrected chi connectivity index (χ3v) is 7.03. The number of halogens is 2. The van der Waals surface area contributed by atoms with E-state index in [1.807, 2.05) is 4.90 Å². The first-order chi connectivity index (χ1) is 19.7. The van der Waals surface area contributed by atoms with Crippen molar-refractivity contribution in [1.82, 2.24) is 9.47 Å². The first-order valence-electron chi connectivity index (χ1n) is 12.5. The van der Waals surface area contributed by atoms with Crippen LogP contribution >= 0.6 is 0 Å². The number of nitro groups is 1. The molecule has 2 N–H and O–H groups in total. The van der Waals surface area contributed by atoms with Crippen LogP contribution in [0.2, 0.25) is 0 Å². The Morgan fingerprint density at radius 2 is 1.66 bits per heavy atom. The van der Waals surface area contributed by atoms with Crippen molar-refractivity contribution >= 4 is 34.0 Å². The molecule has 1 fully saturated rings. The van der Waals surface area contributed by atoms with Gasteiger partial charge in [0.05, 0.1) is 16.1 Å². The number of piperazine rings is 1. The third kappa shape index (κ3) is 5.47. The van der Waals surface area contributed by atoms with Crippen molar-refractivity contribution in [3.8, 4) is 5.69 Å². The molecule has 3 aromatic carbocycles. The number of carboxylic acid groups (broad SMARTS) is 1. The van der Waals surface area contributed by atoms with Crippen LogP contribution in [-0.4, -0.2) is 69.1 Å². The smallest absolute Gasteiger partial charge is 0.341 e. The van der Waals surface area contributed by atoms with Gasteiger partial charge in [0.25, 0.3) is 5.69 Å². The molecule has 0 amide bonds. The van der Waals surface area contributed by atoms with Crippen molar-refractivity contribution in [3.05, 3.63) is 110 Å². The minimum Gasteiger partial charge on any atom is -0.477 e. The van der Waals surface area contributed by atoms with E-state index in [-0.39, 0.29) is 28.8 Å². The van der Waals surface area contributed by atoms with Crippen LogP contribution in [-0.2, 0) is 0 Å². The van der Waals surface area contributed by atoms with Crippen LogP contribution < -0.4 is 10.3 Å². The maximum Gasteiger partial charge on any atom is 0.341 e. The van der Waals surface area contributed by atoms with Gasteiger partial charge in [-0.25, -0.2) is 13.6 Å². The number of aromatic carboxylic acids is 1. The molecule has 0 spiro atoms. The number of pyridine rings is 1. The molecule has 0 bridgehead atoms. The van der Waals surface area contributed by atoms with Gasteiger partial charge in [-0.2, -0.15) is 0 Å². The van der Waals surface area contributed by atoms with Gasteiger partial charge in [0, 0.05) is 67.7 Å². The standard InChI is InChI=1S/C28H23F2N5O6/c29-18-3-1-17(2-4-18)24(31-39)16-32-9-11-33(12-10-32)26-14-25-21(13-23(26)30)27(36)22(28(37)38)15-34(25)19-5-7-20(8-6-19)35(40)41/h1-8,13-15,39H,9-12,16H2,(H,37,38)/b31-24+. The Bertz CT molecular complexity index is 1730. The van der Waals surface area contributed by atoms with E-state index in [0.29, 0.717) is 43.1 Å². The number of oxime groups is 1. The highest BCUT2D eigenvalue weighted by atomic mass is 19.1. The van der Waals surface area contributed by atoms with Crippen molar-refractivity contribution < 1.29 is 28.8 Å². The van der Waals surface area contributed by atoms with Crippen LogP contribution in [0, 0.1) is 21.7 Å². The molecule has 0 atom stereocenters. The quantitative estimate of drug-likeness (QED) is 0.149. The number of carboxylic acids is 1. The van der Waals surface area contributed by atoms with Crippen LogP contribution in [0.15, 0.2) is 76.8 Å². The minimum atomic E-state index is -1.49. The van der Waals surface area contributed by atoms with Gasteiger partial charge in [-0.3, -0.25) is 19.8 Å². The molecule has 1 aromatic heterocycles. The van der Waals surface area contributed by atoms with Crippen LogP contribution in [0.5, 0.6) is 0 Å². The fourth-order valence-electron chi connectivity index (χ4n) is 4.86. The first-order valence-corrected chi connectivity index (χ1v) is 12.5. The number of fused-ring (bicyclic) bond motifs is 1. The Labute approximate surface area is 230 Å². The number of benzene rings is 3. The number of hydrogen-bond acceptors (Lipinski definition) is 8. The zero-order valence-corrected chi connectivity index (χ0v) is 21.4. The minimum absolute atomic E-state index is 0.147. The van der Waals surface area contributed by atoms with Gasteiger partial charge in [-0.1, -0.05) is 17.3 Å². The molecular formula is C28H23F2N5O6. The summed E-state index contributed by atoms with van der Waals surface area (Å²) in [4.78, 5) is 39.0. The molecule has 0 radical (unpaired) electrons. The van der Waals surface area contributed by atoms with Crippen LogP contribution in [0.25, 0.3) is 16.6 Å². The highest BCUT2D eigenvalue weighted by molar-refractivity contribution is 6.01. The lowest BCUT2D eigenvalue weighted by Gasteiger charge is -2.36. The van der Waals surface area contributed by atoms with E-state index in [1.54, 1.807) is 4.90 Å². The van der Waals surface area contributed by atoms with Gasteiger partial charge in [-0.05, 0) is 36.4 Å². The predicted molar refractivity (Wildman–Crippen MR) is 146 cm³/mol. The van der Waals surface area contributed by atoms with Crippen LogP contribution in [0.4, 0.5) is 20.2 Å². The van der Waals surface area contributed by atoms with E-state index in [2.05, 4.69) is 5.16 Å². The summed E-state index contributed by atoms with van der Waals surface area (Å²) in [5.41, 5.74) is 0.122. The number of nitrogens with zero attached hydrogens (tertiary/aromatic N) is 5. The molecule has 5 rings (SSSR count). The van der Waals surface area contributed by atoms with Crippen molar-refractivity contribution in [1.29, 1.82) is 0 Å². The Kier molecular flexibility index (Phi) is 7.44. The average Bonchev–Trinajstić information content (AvgIpc) is 2.97. The topological polar surface area (TPSA) is 142 Å². The van der Waals surface area contributed by atoms with E-state index in [4.69, 9.17) is 0 Å². The Balaban J connectivity index is 1.45. The van der Waals surface area contributed by atoms with Crippen molar-refractivity contribution in [3.63, 3.8) is 0 Å². The molecule has 41 heavy (non-hydrogen) atoms. The second kappa shape index (κ2) is 11.1. The fraction of sp³-hybridized carbons (Fsp3) is 0.179. The number of hydrogen-bond donors (Lipinski definition) is 2. The predicted octanol–water partition coefficient (Wildman–Crippen LogP) is 3.88. The molecule has 1 saturated heterocycles. The summed E-state index contributed by atoms with van der Waals surface area (Å²) in [7, 11) is 0. The second-order valence-electron chi connectivity index (χ2n) is 9.46. The van der Waals surface area contributed by atoms with Gasteiger partial charge in [0.2, 0.25) is 5.43 Å². The highest BCUT2D eigenvalue weighted by Gasteiger charge is 2.24. The number of carbonyl (C=O) groups is 1. The molecule has 0 aliphatic carbocycles. The van der Waals surface area contributed by atoms with E-state index < -0.39 is 33.5 Å². The normalized spacial score (nSPS) is 14.4. The average molecular weight is 564 g/mol. The number of aromatic nitrogens is 1. The molecule has 13 heteroatoms. The first kappa shape index (κ1) is 27.4. The molecule has 2 heterocycles. The van der Waals surface area contributed by atoms with Gasteiger partial charge in [-0.15, -0.1) is 0 Å². The molecule has 1 aliphatic rings. The number of rotatable bonds is 7. The van der Waals surface area contributed by atoms with Crippen molar-refractivity contribution in [2.75, 3.05) is 37.6 Å². The third-order valence-electron chi connectivity index (χ3n) is 7.03. The summed E-state index contributed by atoms with van der Waals surface area (Å²) in [6, 6.07) is 13.4. The number of non-ortho nitro benzene ring substituents is 1. The van der Waals surface area contributed by atoms with Crippen molar-refractivity contribution in [2.45, 2.75) is 0 Å².